The summed E-state index contributed by atoms with van der Waals surface area (Å²) in [4.78, 5) is 50.5. The zero-order chi connectivity index (χ0) is 43.5. The molecule has 0 aliphatic carbocycles. The number of anilines is 1. The lowest BCUT2D eigenvalue weighted by Gasteiger charge is -2.43. The number of aromatic nitrogens is 4. The van der Waals surface area contributed by atoms with Crippen molar-refractivity contribution >= 4 is 39.6 Å². The molecule has 1 fully saturated rings. The first-order valence-corrected chi connectivity index (χ1v) is 23.6. The molecule has 318 valence electrons. The number of nitrogens with zero attached hydrogens (tertiary/aromatic N) is 3. The number of methoxy groups -OCH3 is 2. The van der Waals surface area contributed by atoms with Gasteiger partial charge in [0.15, 0.2) is 25.7 Å². The average Bonchev–Trinajstić information content (AvgIpc) is 3.82. The van der Waals surface area contributed by atoms with E-state index in [-0.39, 0.29) is 22.2 Å². The van der Waals surface area contributed by atoms with E-state index in [2.05, 4.69) is 54.1 Å². The number of amides is 1. The fraction of sp³-hybridized carbons (Fsp3) is 0.318. The minimum atomic E-state index is -3.31. The van der Waals surface area contributed by atoms with E-state index in [4.69, 9.17) is 27.9 Å². The van der Waals surface area contributed by atoms with Crippen LogP contribution in [0.25, 0.3) is 11.2 Å². The van der Waals surface area contributed by atoms with Crippen molar-refractivity contribution in [3.05, 3.63) is 148 Å². The first-order valence-electron chi connectivity index (χ1n) is 19.6. The molecule has 0 spiro atoms. The van der Waals surface area contributed by atoms with Crippen molar-refractivity contribution < 1.29 is 42.2 Å². The largest absolute Gasteiger partial charge is 0.566 e. The van der Waals surface area contributed by atoms with Gasteiger partial charge in [0, 0.05) is 5.56 Å². The van der Waals surface area contributed by atoms with Crippen LogP contribution in [0.1, 0.15) is 54.0 Å². The van der Waals surface area contributed by atoms with Crippen LogP contribution in [0.4, 0.5) is 5.95 Å². The smallest absolute Gasteiger partial charge is 0.488 e. The number of carbonyl (C=O) groups is 1. The van der Waals surface area contributed by atoms with E-state index in [1.165, 1.54) is 6.33 Å². The number of H-pyrrole nitrogens is 1. The lowest BCUT2D eigenvalue weighted by molar-refractivity contribution is -0.190. The van der Waals surface area contributed by atoms with Crippen LogP contribution in [-0.4, -0.2) is 72.9 Å². The number of aromatic amines is 1. The van der Waals surface area contributed by atoms with Gasteiger partial charge in [0.2, 0.25) is 5.95 Å². The predicted octanol–water partition coefficient (Wildman–Crippen LogP) is 7.09. The summed E-state index contributed by atoms with van der Waals surface area (Å²) in [6, 6.07) is 33.2. The van der Waals surface area contributed by atoms with Gasteiger partial charge in [0.05, 0.1) is 20.5 Å². The Morgan fingerprint density at radius 1 is 0.869 bits per heavy atom. The predicted molar refractivity (Wildman–Crippen MR) is 229 cm³/mol. The van der Waals surface area contributed by atoms with Crippen LogP contribution in [0, 0.1) is 0 Å². The highest BCUT2D eigenvalue weighted by Crippen LogP contribution is 2.49. The lowest BCUT2D eigenvalue weighted by Crippen LogP contribution is -2.52. The van der Waals surface area contributed by atoms with Gasteiger partial charge in [-0.15, -0.1) is 4.52 Å². The lowest BCUT2D eigenvalue weighted by atomic mass is 9.79. The average molecular weight is 866 g/mol. The van der Waals surface area contributed by atoms with E-state index >= 15 is 0 Å². The van der Waals surface area contributed by atoms with Crippen LogP contribution < -0.4 is 25.2 Å². The van der Waals surface area contributed by atoms with Crippen LogP contribution >= 0.6 is 8.25 Å². The minimum absolute atomic E-state index is 0.0257. The minimum Gasteiger partial charge on any atom is -0.566 e. The maximum absolute atomic E-state index is 13.5. The molecule has 1 aliphatic rings. The van der Waals surface area contributed by atoms with Gasteiger partial charge in [-0.3, -0.25) is 24.5 Å². The van der Waals surface area contributed by atoms with Gasteiger partial charge >= 0.3 is 8.25 Å². The molecule has 0 saturated carbocycles. The van der Waals surface area contributed by atoms with Crippen molar-refractivity contribution in [2.45, 2.75) is 69.0 Å². The van der Waals surface area contributed by atoms with Crippen molar-refractivity contribution in [3.63, 3.8) is 0 Å². The number of carbonyl (C=O) groups excluding carboxylic acids is 1. The molecule has 2 aromatic heterocycles. The summed E-state index contributed by atoms with van der Waals surface area (Å²) in [5.74, 6) is 0.648. The Bertz CT molecular complexity index is 2480. The molecule has 4 aromatic carbocycles. The number of hydrogen-bond donors (Lipinski definition) is 2. The van der Waals surface area contributed by atoms with Gasteiger partial charge in [-0.25, -0.2) is 4.98 Å². The highest BCUT2D eigenvalue weighted by molar-refractivity contribution is 7.30. The first-order chi connectivity index (χ1) is 29.1. The Morgan fingerprint density at radius 3 is 1.97 bits per heavy atom. The van der Waals surface area contributed by atoms with E-state index in [1.54, 1.807) is 49.1 Å². The van der Waals surface area contributed by atoms with Crippen molar-refractivity contribution in [2.24, 2.45) is 0 Å². The van der Waals surface area contributed by atoms with Crippen LogP contribution in [0.2, 0.25) is 18.1 Å². The van der Waals surface area contributed by atoms with Crippen LogP contribution in [-0.2, 0) is 28.6 Å². The van der Waals surface area contributed by atoms with E-state index in [1.807, 2.05) is 78.9 Å². The summed E-state index contributed by atoms with van der Waals surface area (Å²) in [5, 5.41) is 2.36. The van der Waals surface area contributed by atoms with Crippen molar-refractivity contribution in [3.8, 4) is 11.5 Å². The summed E-state index contributed by atoms with van der Waals surface area (Å²) in [6.45, 7) is 10.0. The third-order valence-electron chi connectivity index (χ3n) is 11.3. The summed E-state index contributed by atoms with van der Waals surface area (Å²) in [7, 11) is -2.89. The Hall–Kier alpha value is -5.58. The standard InChI is InChI=1S/C44H48N5O10PSi/c1-43(2,3)61(6,7)59-37-36(58-44(29-16-12-9-13-17-29,30-18-22-32(54-4)23-19-30)31-20-24-33(55-5)25-21-31)34(26-56-60(52)53)57-41(37)49-27-45-35-38(49)46-42(48-40(35)51)47-39(50)28-14-10-8-11-15-28/h8-25,27,34,36-37,41H,26H2,1-7H3,(H2,46,47,48,50,51)/t34-,36?,37+,41-/m1/s1. The van der Waals surface area contributed by atoms with E-state index in [0.717, 1.165) is 5.56 Å². The van der Waals surface area contributed by atoms with Gasteiger partial charge in [0.25, 0.3) is 11.5 Å². The molecule has 15 nitrogen and oxygen atoms in total. The Labute approximate surface area is 355 Å². The van der Waals surface area contributed by atoms with E-state index in [9.17, 15) is 19.0 Å². The van der Waals surface area contributed by atoms with Gasteiger partial charge < -0.3 is 28.3 Å². The summed E-state index contributed by atoms with van der Waals surface area (Å²) >= 11 is 0. The zero-order valence-electron chi connectivity index (χ0n) is 34.9. The van der Waals surface area contributed by atoms with Crippen molar-refractivity contribution in [1.82, 2.24) is 19.5 Å². The second-order valence-corrected chi connectivity index (χ2v) is 21.5. The third kappa shape index (κ3) is 8.93. The van der Waals surface area contributed by atoms with Gasteiger partial charge in [-0.05, 0) is 75.8 Å². The maximum Gasteiger partial charge on any atom is 0.488 e. The van der Waals surface area contributed by atoms with E-state index < -0.39 is 64.8 Å². The monoisotopic (exact) mass is 865 g/mol. The quantitative estimate of drug-likeness (QED) is 0.0607. The molecule has 1 saturated heterocycles. The zero-order valence-corrected chi connectivity index (χ0v) is 36.8. The third-order valence-corrected chi connectivity index (χ3v) is 16.2. The number of ether oxygens (including phenoxy) is 4. The summed E-state index contributed by atoms with van der Waals surface area (Å²) < 4.78 is 51.9. The number of hydrogen-bond acceptors (Lipinski definition) is 12. The fourth-order valence-corrected chi connectivity index (χ4v) is 8.71. The van der Waals surface area contributed by atoms with Crippen molar-refractivity contribution in [1.29, 1.82) is 0 Å². The highest BCUT2D eigenvalue weighted by Gasteiger charge is 2.56. The topological polar surface area (TPSA) is 188 Å². The fourth-order valence-electron chi connectivity index (χ4n) is 7.16. The van der Waals surface area contributed by atoms with Gasteiger partial charge in [-0.1, -0.05) is 93.6 Å². The van der Waals surface area contributed by atoms with Gasteiger partial charge in [-0.2, -0.15) is 4.98 Å². The Morgan fingerprint density at radius 2 is 1.43 bits per heavy atom. The molecular formula is C44H48N5O10PSi. The van der Waals surface area contributed by atoms with Crippen LogP contribution in [0.5, 0.6) is 11.5 Å². The van der Waals surface area contributed by atoms with Crippen LogP contribution in [0.15, 0.2) is 120 Å². The molecule has 7 rings (SSSR count). The number of nitrogens with one attached hydrogen (secondary N) is 2. The molecule has 3 heterocycles. The molecule has 2 N–H and O–H groups in total. The maximum atomic E-state index is 13.5. The first kappa shape index (κ1) is 43.5. The second kappa shape index (κ2) is 17.8. The molecule has 0 radical (unpaired) electrons. The molecule has 2 unspecified atom stereocenters. The number of imidazole rings is 1. The molecule has 17 heteroatoms. The Kier molecular flexibility index (Phi) is 12.7. The molecule has 0 bridgehead atoms. The Balaban J connectivity index is 1.43. The summed E-state index contributed by atoms with van der Waals surface area (Å²) in [5.41, 5.74) is 0.591. The number of benzene rings is 4. The molecule has 5 atom stereocenters. The highest BCUT2D eigenvalue weighted by atomic mass is 31.1. The SMILES string of the molecule is COc1ccc(C(OC2[C@@H](CO[P+](=O)[O-])O[C@@H](n3cnc4c(=O)[nH]c(NC(=O)c5ccccc5)nc43)[C@H]2O[Si](C)(C)C(C)(C)C)(c2ccccc2)c2ccc(OC)cc2)cc1. The van der Waals surface area contributed by atoms with Gasteiger partial charge in [0.1, 0.15) is 42.0 Å². The molecular weight excluding hydrogens is 818 g/mol. The van der Waals surface area contributed by atoms with Crippen molar-refractivity contribution in [2.75, 3.05) is 26.1 Å². The second-order valence-electron chi connectivity index (χ2n) is 16.1. The van der Waals surface area contributed by atoms with E-state index in [0.29, 0.717) is 28.2 Å². The molecule has 61 heavy (non-hydrogen) atoms. The normalized spacial score (nSPS) is 18.5. The molecule has 1 amide bonds. The molecule has 1 aliphatic heterocycles. The summed E-state index contributed by atoms with van der Waals surface area (Å²) in [6.07, 6.45) is -2.82. The number of rotatable bonds is 15. The molecule has 6 aromatic rings. The number of fused-ring (bicyclic) bond motifs is 1. The van der Waals surface area contributed by atoms with Crippen LogP contribution in [0.3, 0.4) is 0 Å².